The van der Waals surface area contributed by atoms with Crippen molar-refractivity contribution in [2.24, 2.45) is 11.3 Å². The van der Waals surface area contributed by atoms with E-state index in [0.717, 1.165) is 6.54 Å². The van der Waals surface area contributed by atoms with E-state index in [1.54, 1.807) is 16.7 Å². The fourth-order valence-electron chi connectivity index (χ4n) is 1.34. The average molecular weight is 209 g/mol. The van der Waals surface area contributed by atoms with Crippen molar-refractivity contribution in [3.63, 3.8) is 0 Å². The smallest absolute Gasteiger partial charge is 0.352 e. The van der Waals surface area contributed by atoms with Crippen LogP contribution < -0.4 is 0 Å². The summed E-state index contributed by atoms with van der Waals surface area (Å²) < 4.78 is 1.80. The Hall–Kier alpha value is -1.25. The minimum atomic E-state index is -0.860. The summed E-state index contributed by atoms with van der Waals surface area (Å²) in [6.07, 6.45) is 1.83. The summed E-state index contributed by atoms with van der Waals surface area (Å²) in [5.41, 5.74) is 0.561. The second-order valence-electron chi connectivity index (χ2n) is 5.12. The van der Waals surface area contributed by atoms with Gasteiger partial charge in [0.15, 0.2) is 0 Å². The highest BCUT2D eigenvalue weighted by atomic mass is 16.4. The molecule has 15 heavy (non-hydrogen) atoms. The molecule has 0 aromatic carbocycles. The van der Waals surface area contributed by atoms with Crippen molar-refractivity contribution in [2.75, 3.05) is 0 Å². The van der Waals surface area contributed by atoms with Crippen LogP contribution in [0.4, 0.5) is 0 Å². The molecule has 1 aromatic heterocycles. The van der Waals surface area contributed by atoms with E-state index in [2.05, 4.69) is 27.7 Å². The van der Waals surface area contributed by atoms with Crippen LogP contribution in [-0.4, -0.2) is 15.6 Å². The molecule has 1 rings (SSSR count). The van der Waals surface area contributed by atoms with Crippen molar-refractivity contribution in [1.29, 1.82) is 0 Å². The molecule has 0 aliphatic carbocycles. The predicted molar refractivity (Wildman–Crippen MR) is 60.0 cm³/mol. The van der Waals surface area contributed by atoms with Crippen LogP contribution in [0.15, 0.2) is 18.3 Å². The van der Waals surface area contributed by atoms with Crippen molar-refractivity contribution in [3.05, 3.63) is 24.0 Å². The number of aromatic nitrogens is 1. The second kappa shape index (κ2) is 4.09. The molecule has 1 aromatic rings. The molecule has 1 atom stereocenters. The van der Waals surface area contributed by atoms with Crippen LogP contribution in [0.25, 0.3) is 0 Å². The van der Waals surface area contributed by atoms with Gasteiger partial charge in [-0.1, -0.05) is 27.7 Å². The predicted octanol–water partition coefficient (Wildman–Crippen LogP) is 2.87. The summed E-state index contributed by atoms with van der Waals surface area (Å²) in [6.45, 7) is 9.40. The van der Waals surface area contributed by atoms with Crippen molar-refractivity contribution in [2.45, 2.75) is 34.2 Å². The molecule has 0 aliphatic heterocycles. The van der Waals surface area contributed by atoms with Crippen molar-refractivity contribution >= 4 is 5.97 Å². The zero-order chi connectivity index (χ0) is 11.6. The van der Waals surface area contributed by atoms with Gasteiger partial charge in [-0.15, -0.1) is 0 Å². The van der Waals surface area contributed by atoms with Crippen LogP contribution in [0.3, 0.4) is 0 Å². The standard InChI is InChI=1S/C12H19NO2/c1-9(12(2,3)4)8-13-7-5-6-10(13)11(14)15/h5-7,9H,8H2,1-4H3,(H,14,15). The summed E-state index contributed by atoms with van der Waals surface area (Å²) in [4.78, 5) is 10.9. The van der Waals surface area contributed by atoms with Gasteiger partial charge in [0.1, 0.15) is 5.69 Å². The highest BCUT2D eigenvalue weighted by Crippen LogP contribution is 2.27. The maximum absolute atomic E-state index is 10.9. The fraction of sp³-hybridized carbons (Fsp3) is 0.583. The third-order valence-electron chi connectivity index (χ3n) is 3.00. The first-order chi connectivity index (χ1) is 6.82. The van der Waals surface area contributed by atoms with Gasteiger partial charge in [0, 0.05) is 12.7 Å². The molecule has 0 amide bonds. The highest BCUT2D eigenvalue weighted by Gasteiger charge is 2.21. The molecule has 0 saturated carbocycles. The second-order valence-corrected chi connectivity index (χ2v) is 5.12. The first-order valence-electron chi connectivity index (χ1n) is 5.21. The van der Waals surface area contributed by atoms with Crippen LogP contribution in [0.1, 0.15) is 38.2 Å². The summed E-state index contributed by atoms with van der Waals surface area (Å²) in [7, 11) is 0. The Labute approximate surface area is 90.7 Å². The van der Waals surface area contributed by atoms with Gasteiger partial charge in [0.25, 0.3) is 0 Å². The molecule has 0 fully saturated rings. The Kier molecular flexibility index (Phi) is 3.22. The van der Waals surface area contributed by atoms with Crippen LogP contribution in [0.2, 0.25) is 0 Å². The van der Waals surface area contributed by atoms with Gasteiger partial charge in [0.2, 0.25) is 0 Å². The molecule has 1 N–H and O–H groups in total. The van der Waals surface area contributed by atoms with Crippen molar-refractivity contribution in [1.82, 2.24) is 4.57 Å². The molecule has 84 valence electrons. The Morgan fingerprint density at radius 3 is 2.60 bits per heavy atom. The van der Waals surface area contributed by atoms with Crippen LogP contribution in [0.5, 0.6) is 0 Å². The van der Waals surface area contributed by atoms with E-state index in [9.17, 15) is 4.79 Å². The lowest BCUT2D eigenvalue weighted by molar-refractivity contribution is 0.0681. The number of aromatic carboxylic acids is 1. The number of carboxylic acids is 1. The van der Waals surface area contributed by atoms with Gasteiger partial charge < -0.3 is 9.67 Å². The number of carboxylic acid groups (broad SMARTS) is 1. The zero-order valence-electron chi connectivity index (χ0n) is 9.82. The normalized spacial score (nSPS) is 13.9. The molecule has 0 bridgehead atoms. The first-order valence-corrected chi connectivity index (χ1v) is 5.21. The van der Waals surface area contributed by atoms with Gasteiger partial charge in [-0.25, -0.2) is 4.79 Å². The molecule has 0 aliphatic rings. The topological polar surface area (TPSA) is 42.2 Å². The van der Waals surface area contributed by atoms with Gasteiger partial charge in [-0.05, 0) is 23.5 Å². The lowest BCUT2D eigenvalue weighted by atomic mass is 9.82. The minimum Gasteiger partial charge on any atom is -0.477 e. The molecule has 1 unspecified atom stereocenters. The molecule has 3 nitrogen and oxygen atoms in total. The molecule has 3 heteroatoms. The third kappa shape index (κ3) is 2.85. The molecule has 0 spiro atoms. The molecular weight excluding hydrogens is 190 g/mol. The molecule has 1 heterocycles. The van der Waals surface area contributed by atoms with Gasteiger partial charge in [-0.3, -0.25) is 0 Å². The third-order valence-corrected chi connectivity index (χ3v) is 3.00. The van der Waals surface area contributed by atoms with Crippen LogP contribution in [-0.2, 0) is 6.54 Å². The van der Waals surface area contributed by atoms with Crippen molar-refractivity contribution < 1.29 is 9.90 Å². The van der Waals surface area contributed by atoms with E-state index in [0.29, 0.717) is 11.6 Å². The van der Waals surface area contributed by atoms with E-state index < -0.39 is 5.97 Å². The Balaban J connectivity index is 2.81. The van der Waals surface area contributed by atoms with E-state index in [4.69, 9.17) is 5.11 Å². The summed E-state index contributed by atoms with van der Waals surface area (Å²) >= 11 is 0. The van der Waals surface area contributed by atoms with Crippen LogP contribution >= 0.6 is 0 Å². The van der Waals surface area contributed by atoms with Crippen molar-refractivity contribution in [3.8, 4) is 0 Å². The first kappa shape index (κ1) is 11.8. The molecule has 0 radical (unpaired) electrons. The van der Waals surface area contributed by atoms with Gasteiger partial charge in [0.05, 0.1) is 0 Å². The van der Waals surface area contributed by atoms with Crippen LogP contribution in [0, 0.1) is 11.3 Å². The quantitative estimate of drug-likeness (QED) is 0.831. The largest absolute Gasteiger partial charge is 0.477 e. The monoisotopic (exact) mass is 209 g/mol. The van der Waals surface area contributed by atoms with E-state index in [-0.39, 0.29) is 5.41 Å². The van der Waals surface area contributed by atoms with E-state index in [1.807, 2.05) is 6.20 Å². The Morgan fingerprint density at radius 2 is 2.13 bits per heavy atom. The fourth-order valence-corrected chi connectivity index (χ4v) is 1.34. The summed E-state index contributed by atoms with van der Waals surface area (Å²) in [6, 6.07) is 3.41. The summed E-state index contributed by atoms with van der Waals surface area (Å²) in [5, 5.41) is 8.95. The SMILES string of the molecule is CC(Cn1cccc1C(=O)O)C(C)(C)C. The Morgan fingerprint density at radius 1 is 1.53 bits per heavy atom. The number of hydrogen-bond acceptors (Lipinski definition) is 1. The lowest BCUT2D eigenvalue weighted by Crippen LogP contribution is -2.23. The molecule has 0 saturated heterocycles. The minimum absolute atomic E-state index is 0.194. The maximum atomic E-state index is 10.9. The number of nitrogens with zero attached hydrogens (tertiary/aromatic N) is 1. The van der Waals surface area contributed by atoms with E-state index >= 15 is 0 Å². The number of carbonyl (C=O) groups is 1. The Bertz CT molecular complexity index is 347. The lowest BCUT2D eigenvalue weighted by Gasteiger charge is -2.28. The summed E-state index contributed by atoms with van der Waals surface area (Å²) in [5.74, 6) is -0.427. The number of hydrogen-bond donors (Lipinski definition) is 1. The highest BCUT2D eigenvalue weighted by molar-refractivity contribution is 5.85. The molecular formula is C12H19NO2. The number of rotatable bonds is 3. The average Bonchev–Trinajstić information content (AvgIpc) is 2.50. The van der Waals surface area contributed by atoms with Gasteiger partial charge in [-0.2, -0.15) is 0 Å². The van der Waals surface area contributed by atoms with Gasteiger partial charge >= 0.3 is 5.97 Å². The van der Waals surface area contributed by atoms with E-state index in [1.165, 1.54) is 0 Å². The maximum Gasteiger partial charge on any atom is 0.352 e. The zero-order valence-corrected chi connectivity index (χ0v) is 9.82.